The van der Waals surface area contributed by atoms with Crippen LogP contribution in [0.1, 0.15) is 25.3 Å². The molecule has 1 aliphatic heterocycles. The minimum absolute atomic E-state index is 0.276. The van der Waals surface area contributed by atoms with Crippen LogP contribution >= 0.6 is 11.6 Å². The average molecular weight is 359 g/mol. The number of pyridine rings is 1. The van der Waals surface area contributed by atoms with Crippen LogP contribution in [0.5, 0.6) is 0 Å². The molecule has 0 radical (unpaired) electrons. The van der Waals surface area contributed by atoms with Crippen molar-refractivity contribution < 1.29 is 4.79 Å². The molecule has 1 aromatic heterocycles. The standard InChI is InChI=1S/C19H23ClN4O/c1-14-4-3-11-24(13-14)16-8-6-15(7-9-16)12-22-19(25)23-17-5-2-10-21-18(17)20/h2,5-10,14H,3-4,11-13H2,1H3,(H2,22,23,25)/t14-/m0/s1. The van der Waals surface area contributed by atoms with Crippen molar-refractivity contribution in [1.29, 1.82) is 0 Å². The molecule has 0 bridgehead atoms. The summed E-state index contributed by atoms with van der Waals surface area (Å²) < 4.78 is 0. The SMILES string of the molecule is C[C@H]1CCCN(c2ccc(CNC(=O)Nc3cccnc3Cl)cc2)C1. The zero-order valence-corrected chi connectivity index (χ0v) is 15.1. The number of hydrogen-bond acceptors (Lipinski definition) is 3. The number of nitrogens with zero attached hydrogens (tertiary/aromatic N) is 2. The molecule has 1 saturated heterocycles. The van der Waals surface area contributed by atoms with Gasteiger partial charge in [0, 0.05) is 31.5 Å². The fraction of sp³-hybridized carbons (Fsp3) is 0.368. The maximum Gasteiger partial charge on any atom is 0.319 e. The summed E-state index contributed by atoms with van der Waals surface area (Å²) in [6.45, 7) is 5.00. The number of amides is 2. The fourth-order valence-electron chi connectivity index (χ4n) is 3.08. The van der Waals surface area contributed by atoms with E-state index < -0.39 is 0 Å². The molecular weight excluding hydrogens is 336 g/mol. The molecule has 2 aromatic rings. The third-order valence-corrected chi connectivity index (χ3v) is 4.72. The van der Waals surface area contributed by atoms with Gasteiger partial charge in [0.05, 0.1) is 5.69 Å². The van der Waals surface area contributed by atoms with E-state index in [0.29, 0.717) is 12.2 Å². The van der Waals surface area contributed by atoms with Crippen molar-refractivity contribution >= 4 is 29.0 Å². The van der Waals surface area contributed by atoms with Gasteiger partial charge >= 0.3 is 6.03 Å². The number of aromatic nitrogens is 1. The van der Waals surface area contributed by atoms with Gasteiger partial charge in [-0.2, -0.15) is 0 Å². The molecule has 2 amide bonds. The van der Waals surface area contributed by atoms with Gasteiger partial charge < -0.3 is 15.5 Å². The minimum atomic E-state index is -0.302. The summed E-state index contributed by atoms with van der Waals surface area (Å²) in [5.74, 6) is 0.748. The first-order chi connectivity index (χ1) is 12.1. The maximum absolute atomic E-state index is 12.0. The maximum atomic E-state index is 12.0. The highest BCUT2D eigenvalue weighted by Crippen LogP contribution is 2.23. The molecule has 25 heavy (non-hydrogen) atoms. The lowest BCUT2D eigenvalue weighted by molar-refractivity contribution is 0.251. The first-order valence-corrected chi connectivity index (χ1v) is 8.99. The predicted molar refractivity (Wildman–Crippen MR) is 102 cm³/mol. The highest BCUT2D eigenvalue weighted by atomic mass is 35.5. The monoisotopic (exact) mass is 358 g/mol. The van der Waals surface area contributed by atoms with E-state index in [4.69, 9.17) is 11.6 Å². The zero-order valence-electron chi connectivity index (χ0n) is 14.3. The first kappa shape index (κ1) is 17.5. The minimum Gasteiger partial charge on any atom is -0.371 e. The summed E-state index contributed by atoms with van der Waals surface area (Å²) in [6, 6.07) is 11.5. The Hall–Kier alpha value is -2.27. The van der Waals surface area contributed by atoms with Crippen LogP contribution in [-0.2, 0) is 6.54 Å². The zero-order chi connectivity index (χ0) is 17.6. The highest BCUT2D eigenvalue weighted by Gasteiger charge is 2.16. The first-order valence-electron chi connectivity index (χ1n) is 8.61. The van der Waals surface area contributed by atoms with Gasteiger partial charge in [0.25, 0.3) is 0 Å². The van der Waals surface area contributed by atoms with Gasteiger partial charge in [-0.25, -0.2) is 9.78 Å². The number of hydrogen-bond donors (Lipinski definition) is 2. The van der Waals surface area contributed by atoms with Crippen molar-refractivity contribution in [2.24, 2.45) is 5.92 Å². The number of nitrogens with one attached hydrogen (secondary N) is 2. The molecule has 6 heteroatoms. The smallest absolute Gasteiger partial charge is 0.319 e. The Balaban J connectivity index is 1.51. The summed E-state index contributed by atoms with van der Waals surface area (Å²) in [5.41, 5.74) is 2.80. The number of anilines is 2. The van der Waals surface area contributed by atoms with Crippen molar-refractivity contribution in [2.75, 3.05) is 23.3 Å². The topological polar surface area (TPSA) is 57.3 Å². The molecule has 0 spiro atoms. The number of benzene rings is 1. The second-order valence-electron chi connectivity index (χ2n) is 6.51. The second kappa shape index (κ2) is 8.21. The van der Waals surface area contributed by atoms with E-state index in [1.807, 2.05) is 0 Å². The van der Waals surface area contributed by atoms with Gasteiger partial charge in [0.2, 0.25) is 0 Å². The van der Waals surface area contributed by atoms with E-state index in [9.17, 15) is 4.79 Å². The Morgan fingerprint density at radius 2 is 2.12 bits per heavy atom. The van der Waals surface area contributed by atoms with Gasteiger partial charge in [-0.3, -0.25) is 0 Å². The quantitative estimate of drug-likeness (QED) is 0.801. The van der Waals surface area contributed by atoms with E-state index in [-0.39, 0.29) is 11.2 Å². The van der Waals surface area contributed by atoms with Crippen molar-refractivity contribution in [2.45, 2.75) is 26.3 Å². The molecule has 2 heterocycles. The summed E-state index contributed by atoms with van der Waals surface area (Å²) in [5, 5.41) is 5.80. The van der Waals surface area contributed by atoms with Gasteiger partial charge in [-0.15, -0.1) is 0 Å². The number of urea groups is 1. The largest absolute Gasteiger partial charge is 0.371 e. The third kappa shape index (κ3) is 4.86. The molecule has 1 fully saturated rings. The molecule has 0 saturated carbocycles. The molecule has 3 rings (SSSR count). The Kier molecular flexibility index (Phi) is 5.76. The fourth-order valence-corrected chi connectivity index (χ4v) is 3.24. The molecule has 5 nitrogen and oxygen atoms in total. The normalized spacial score (nSPS) is 17.2. The summed E-state index contributed by atoms with van der Waals surface area (Å²) >= 11 is 5.93. The molecule has 1 aliphatic rings. The molecule has 1 aromatic carbocycles. The summed E-state index contributed by atoms with van der Waals surface area (Å²) in [4.78, 5) is 18.3. The lowest BCUT2D eigenvalue weighted by Crippen LogP contribution is -2.34. The van der Waals surface area contributed by atoms with E-state index in [1.54, 1.807) is 18.3 Å². The molecule has 132 valence electrons. The molecule has 0 unspecified atom stereocenters. The van der Waals surface area contributed by atoms with Crippen molar-refractivity contribution in [3.63, 3.8) is 0 Å². The van der Waals surface area contributed by atoms with Crippen LogP contribution in [0.4, 0.5) is 16.2 Å². The van der Waals surface area contributed by atoms with Gasteiger partial charge in [0.1, 0.15) is 0 Å². The lowest BCUT2D eigenvalue weighted by Gasteiger charge is -2.32. The van der Waals surface area contributed by atoms with Crippen molar-refractivity contribution in [1.82, 2.24) is 10.3 Å². The van der Waals surface area contributed by atoms with E-state index in [1.165, 1.54) is 18.5 Å². The predicted octanol–water partition coefficient (Wildman–Crippen LogP) is 4.29. The lowest BCUT2D eigenvalue weighted by atomic mass is 9.99. The highest BCUT2D eigenvalue weighted by molar-refractivity contribution is 6.32. The van der Waals surface area contributed by atoms with E-state index in [0.717, 1.165) is 24.6 Å². The number of carbonyl (C=O) groups excluding carboxylic acids is 1. The number of piperidine rings is 1. The molecule has 1 atom stereocenters. The van der Waals surface area contributed by atoms with Crippen molar-refractivity contribution in [3.05, 3.63) is 53.3 Å². The Bertz CT molecular complexity index is 720. The van der Waals surface area contributed by atoms with Crippen LogP contribution in [0.15, 0.2) is 42.6 Å². The third-order valence-electron chi connectivity index (χ3n) is 4.42. The summed E-state index contributed by atoms with van der Waals surface area (Å²) in [7, 11) is 0. The number of halogens is 1. The van der Waals surface area contributed by atoms with Crippen LogP contribution < -0.4 is 15.5 Å². The number of carbonyl (C=O) groups is 1. The average Bonchev–Trinajstić information content (AvgIpc) is 2.62. The summed E-state index contributed by atoms with van der Waals surface area (Å²) in [6.07, 6.45) is 4.15. The Morgan fingerprint density at radius 3 is 2.84 bits per heavy atom. The van der Waals surface area contributed by atoms with Crippen LogP contribution in [0, 0.1) is 5.92 Å². The van der Waals surface area contributed by atoms with Crippen LogP contribution in [0.2, 0.25) is 5.15 Å². The van der Waals surface area contributed by atoms with Gasteiger partial charge in [-0.05, 0) is 48.6 Å². The molecular formula is C19H23ClN4O. The second-order valence-corrected chi connectivity index (χ2v) is 6.87. The van der Waals surface area contributed by atoms with Crippen LogP contribution in [0.25, 0.3) is 0 Å². The van der Waals surface area contributed by atoms with Crippen LogP contribution in [-0.4, -0.2) is 24.1 Å². The number of rotatable bonds is 4. The van der Waals surface area contributed by atoms with Crippen molar-refractivity contribution in [3.8, 4) is 0 Å². The van der Waals surface area contributed by atoms with Gasteiger partial charge in [0.15, 0.2) is 5.15 Å². The molecule has 2 N–H and O–H groups in total. The Labute approximate surface area is 153 Å². The Morgan fingerprint density at radius 1 is 1.32 bits per heavy atom. The van der Waals surface area contributed by atoms with E-state index in [2.05, 4.69) is 51.7 Å². The van der Waals surface area contributed by atoms with Crippen LogP contribution in [0.3, 0.4) is 0 Å². The van der Waals surface area contributed by atoms with E-state index >= 15 is 0 Å². The molecule has 0 aliphatic carbocycles. The van der Waals surface area contributed by atoms with Gasteiger partial charge in [-0.1, -0.05) is 30.7 Å².